The molecule has 21 heavy (non-hydrogen) atoms. The first-order chi connectivity index (χ1) is 10.1. The highest BCUT2D eigenvalue weighted by molar-refractivity contribution is 5.29. The van der Waals surface area contributed by atoms with E-state index in [2.05, 4.69) is 74.2 Å². The number of aryl methyl sites for hydroxylation is 1. The van der Waals surface area contributed by atoms with Gasteiger partial charge in [0.05, 0.1) is 0 Å². The van der Waals surface area contributed by atoms with E-state index in [1.54, 1.807) is 0 Å². The lowest BCUT2D eigenvalue weighted by molar-refractivity contribution is 0.240. The zero-order chi connectivity index (χ0) is 15.7. The van der Waals surface area contributed by atoms with Crippen molar-refractivity contribution in [2.24, 2.45) is 0 Å². The van der Waals surface area contributed by atoms with Gasteiger partial charge in [-0.3, -0.25) is 0 Å². The van der Waals surface area contributed by atoms with Crippen LogP contribution in [0.5, 0.6) is 0 Å². The number of benzene rings is 1. The highest BCUT2D eigenvalue weighted by Crippen LogP contribution is 2.18. The van der Waals surface area contributed by atoms with Gasteiger partial charge in [-0.1, -0.05) is 38.1 Å². The zero-order valence-corrected chi connectivity index (χ0v) is 14.5. The lowest BCUT2D eigenvalue weighted by Crippen LogP contribution is -2.36. The fourth-order valence-electron chi connectivity index (χ4n) is 2.74. The molecule has 0 aliphatic heterocycles. The molecular formula is C18H33N3. The van der Waals surface area contributed by atoms with Crippen molar-refractivity contribution in [3.8, 4) is 0 Å². The Labute approximate surface area is 131 Å². The maximum atomic E-state index is 3.65. The van der Waals surface area contributed by atoms with Crippen molar-refractivity contribution in [1.29, 1.82) is 0 Å². The normalized spacial score (nSPS) is 13.1. The molecule has 0 aromatic heterocycles. The molecule has 0 heterocycles. The maximum Gasteiger partial charge on any atom is 0.0451 e. The van der Waals surface area contributed by atoms with E-state index in [0.717, 1.165) is 26.2 Å². The second-order valence-corrected chi connectivity index (χ2v) is 6.02. The molecule has 0 fully saturated rings. The van der Waals surface area contributed by atoms with Gasteiger partial charge in [-0.15, -0.1) is 0 Å². The monoisotopic (exact) mass is 291 g/mol. The third-order valence-electron chi connectivity index (χ3n) is 3.98. The molecule has 1 rings (SSSR count). The van der Waals surface area contributed by atoms with Gasteiger partial charge in [0.15, 0.2) is 0 Å². The van der Waals surface area contributed by atoms with Crippen LogP contribution >= 0.6 is 0 Å². The molecule has 120 valence electrons. The SMILES string of the molecule is CCNC(CN(CC)CCCN(C)C)c1ccccc1C. The van der Waals surface area contributed by atoms with Crippen LogP contribution in [-0.4, -0.2) is 56.6 Å². The molecule has 0 spiro atoms. The van der Waals surface area contributed by atoms with Crippen molar-refractivity contribution in [3.05, 3.63) is 35.4 Å². The molecule has 3 heteroatoms. The van der Waals surface area contributed by atoms with E-state index in [1.807, 2.05) is 0 Å². The molecule has 1 aromatic carbocycles. The van der Waals surface area contributed by atoms with Gasteiger partial charge in [-0.2, -0.15) is 0 Å². The summed E-state index contributed by atoms with van der Waals surface area (Å²) >= 11 is 0. The van der Waals surface area contributed by atoms with Gasteiger partial charge >= 0.3 is 0 Å². The number of nitrogens with zero attached hydrogens (tertiary/aromatic N) is 2. The predicted molar refractivity (Wildman–Crippen MR) is 92.9 cm³/mol. The zero-order valence-electron chi connectivity index (χ0n) is 14.5. The fraction of sp³-hybridized carbons (Fsp3) is 0.667. The number of likely N-dealkylation sites (N-methyl/N-ethyl adjacent to an activating group) is 2. The van der Waals surface area contributed by atoms with Gasteiger partial charge in [0, 0.05) is 12.6 Å². The molecule has 0 saturated carbocycles. The summed E-state index contributed by atoms with van der Waals surface area (Å²) in [6, 6.07) is 9.17. The largest absolute Gasteiger partial charge is 0.309 e. The van der Waals surface area contributed by atoms with Crippen molar-refractivity contribution in [2.75, 3.05) is 46.8 Å². The fourth-order valence-corrected chi connectivity index (χ4v) is 2.74. The Morgan fingerprint density at radius 3 is 2.38 bits per heavy atom. The van der Waals surface area contributed by atoms with Crippen molar-refractivity contribution in [1.82, 2.24) is 15.1 Å². The van der Waals surface area contributed by atoms with E-state index in [9.17, 15) is 0 Å². The number of rotatable bonds is 10. The third kappa shape index (κ3) is 6.60. The summed E-state index contributed by atoms with van der Waals surface area (Å²) in [5.74, 6) is 0. The van der Waals surface area contributed by atoms with Crippen LogP contribution < -0.4 is 5.32 Å². The molecule has 0 radical (unpaired) electrons. The molecule has 0 aliphatic rings. The lowest BCUT2D eigenvalue weighted by atomic mass is 10.0. The Kier molecular flexibility index (Phi) is 8.58. The van der Waals surface area contributed by atoms with Crippen LogP contribution in [0.15, 0.2) is 24.3 Å². The molecular weight excluding hydrogens is 258 g/mol. The van der Waals surface area contributed by atoms with E-state index in [0.29, 0.717) is 6.04 Å². The first-order valence-electron chi connectivity index (χ1n) is 8.24. The van der Waals surface area contributed by atoms with Crippen LogP contribution in [0.4, 0.5) is 0 Å². The quantitative estimate of drug-likeness (QED) is 0.715. The smallest absolute Gasteiger partial charge is 0.0451 e. The summed E-state index contributed by atoms with van der Waals surface area (Å²) in [5, 5.41) is 3.65. The molecule has 0 bridgehead atoms. The standard InChI is InChI=1S/C18H33N3/c1-6-19-18(17-12-9-8-11-16(17)3)15-21(7-2)14-10-13-20(4)5/h8-9,11-12,18-19H,6-7,10,13-15H2,1-5H3. The Morgan fingerprint density at radius 2 is 1.81 bits per heavy atom. The maximum absolute atomic E-state index is 3.65. The van der Waals surface area contributed by atoms with Gasteiger partial charge in [0.1, 0.15) is 0 Å². The third-order valence-corrected chi connectivity index (χ3v) is 3.98. The van der Waals surface area contributed by atoms with E-state index in [1.165, 1.54) is 24.1 Å². The number of nitrogens with one attached hydrogen (secondary N) is 1. The lowest BCUT2D eigenvalue weighted by Gasteiger charge is -2.28. The van der Waals surface area contributed by atoms with E-state index in [-0.39, 0.29) is 0 Å². The highest BCUT2D eigenvalue weighted by Gasteiger charge is 2.15. The van der Waals surface area contributed by atoms with Crippen LogP contribution in [0.3, 0.4) is 0 Å². The minimum absolute atomic E-state index is 0.426. The topological polar surface area (TPSA) is 18.5 Å². The van der Waals surface area contributed by atoms with E-state index < -0.39 is 0 Å². The van der Waals surface area contributed by atoms with Crippen molar-refractivity contribution in [2.45, 2.75) is 33.2 Å². The average Bonchev–Trinajstić information content (AvgIpc) is 2.45. The van der Waals surface area contributed by atoms with Gasteiger partial charge < -0.3 is 15.1 Å². The molecule has 0 aliphatic carbocycles. The van der Waals surface area contributed by atoms with E-state index in [4.69, 9.17) is 0 Å². The van der Waals surface area contributed by atoms with Crippen LogP contribution in [-0.2, 0) is 0 Å². The first-order valence-corrected chi connectivity index (χ1v) is 8.24. The molecule has 1 atom stereocenters. The molecule has 1 unspecified atom stereocenters. The van der Waals surface area contributed by atoms with Crippen LogP contribution in [0.25, 0.3) is 0 Å². The minimum atomic E-state index is 0.426. The average molecular weight is 291 g/mol. The summed E-state index contributed by atoms with van der Waals surface area (Å²) in [6.07, 6.45) is 1.23. The van der Waals surface area contributed by atoms with Gasteiger partial charge in [-0.05, 0) is 64.7 Å². The summed E-state index contributed by atoms with van der Waals surface area (Å²) in [7, 11) is 4.29. The van der Waals surface area contributed by atoms with Crippen LogP contribution in [0.1, 0.15) is 37.4 Å². The van der Waals surface area contributed by atoms with E-state index >= 15 is 0 Å². The minimum Gasteiger partial charge on any atom is -0.309 e. The first kappa shape index (κ1) is 18.1. The predicted octanol–water partition coefficient (Wildman–Crippen LogP) is 2.92. The van der Waals surface area contributed by atoms with Gasteiger partial charge in [0.25, 0.3) is 0 Å². The van der Waals surface area contributed by atoms with Crippen molar-refractivity contribution in [3.63, 3.8) is 0 Å². The summed E-state index contributed by atoms with van der Waals surface area (Å²) in [4.78, 5) is 4.82. The van der Waals surface area contributed by atoms with Crippen molar-refractivity contribution < 1.29 is 0 Å². The second-order valence-electron chi connectivity index (χ2n) is 6.02. The Bertz CT molecular complexity index is 390. The molecule has 0 saturated heterocycles. The second kappa shape index (κ2) is 9.93. The van der Waals surface area contributed by atoms with Gasteiger partial charge in [0.2, 0.25) is 0 Å². The molecule has 1 aromatic rings. The van der Waals surface area contributed by atoms with Gasteiger partial charge in [-0.25, -0.2) is 0 Å². The summed E-state index contributed by atoms with van der Waals surface area (Å²) < 4.78 is 0. The number of hydrogen-bond acceptors (Lipinski definition) is 3. The Morgan fingerprint density at radius 1 is 1.10 bits per heavy atom. The highest BCUT2D eigenvalue weighted by atomic mass is 15.1. The summed E-state index contributed by atoms with van der Waals surface area (Å²) in [6.45, 7) is 12.2. The molecule has 3 nitrogen and oxygen atoms in total. The van der Waals surface area contributed by atoms with Crippen LogP contribution in [0, 0.1) is 6.92 Å². The summed E-state index contributed by atoms with van der Waals surface area (Å²) in [5.41, 5.74) is 2.82. The Hall–Kier alpha value is -0.900. The van der Waals surface area contributed by atoms with Crippen LogP contribution in [0.2, 0.25) is 0 Å². The van der Waals surface area contributed by atoms with Crippen molar-refractivity contribution >= 4 is 0 Å². The Balaban J connectivity index is 2.65. The molecule has 1 N–H and O–H groups in total. The molecule has 0 amide bonds. The number of hydrogen-bond donors (Lipinski definition) is 1.